The lowest BCUT2D eigenvalue weighted by molar-refractivity contribution is 0.473. The lowest BCUT2D eigenvalue weighted by Crippen LogP contribution is -2.04. The maximum atomic E-state index is 12.9. The first kappa shape index (κ1) is 9.79. The molecule has 1 aromatic heterocycles. The molecule has 0 radical (unpaired) electrons. The first-order chi connectivity index (χ1) is 7.16. The van der Waals surface area contributed by atoms with Gasteiger partial charge >= 0.3 is 0 Å². The molecule has 0 aliphatic heterocycles. The maximum absolute atomic E-state index is 12.9. The largest absolute Gasteiger partial charge is 0.419 e. The molecule has 0 unspecified atom stereocenters. The molecule has 0 bridgehead atoms. The molecule has 1 aromatic carbocycles. The van der Waals surface area contributed by atoms with Gasteiger partial charge in [0.2, 0.25) is 11.8 Å². The summed E-state index contributed by atoms with van der Waals surface area (Å²) >= 11 is 0. The van der Waals surface area contributed by atoms with Crippen molar-refractivity contribution in [3.63, 3.8) is 0 Å². The fourth-order valence-electron chi connectivity index (χ4n) is 1.16. The predicted octanol–water partition coefficient (Wildman–Crippen LogP) is 1.90. The second-order valence-electron chi connectivity index (χ2n) is 3.24. The molecule has 5 heteroatoms. The van der Waals surface area contributed by atoms with E-state index >= 15 is 0 Å². The van der Waals surface area contributed by atoms with Gasteiger partial charge in [-0.3, -0.25) is 0 Å². The lowest BCUT2D eigenvalue weighted by Gasteiger charge is -1.96. The second kappa shape index (κ2) is 3.78. The van der Waals surface area contributed by atoms with Crippen LogP contribution in [-0.4, -0.2) is 10.2 Å². The van der Waals surface area contributed by atoms with E-state index in [0.29, 0.717) is 11.5 Å². The van der Waals surface area contributed by atoms with Crippen LogP contribution < -0.4 is 5.73 Å². The summed E-state index contributed by atoms with van der Waals surface area (Å²) in [4.78, 5) is 0. The zero-order valence-corrected chi connectivity index (χ0v) is 8.14. The van der Waals surface area contributed by atoms with Gasteiger partial charge < -0.3 is 10.2 Å². The predicted molar refractivity (Wildman–Crippen MR) is 52.3 cm³/mol. The summed E-state index contributed by atoms with van der Waals surface area (Å²) in [6.07, 6.45) is 0. The zero-order valence-electron chi connectivity index (χ0n) is 8.14. The van der Waals surface area contributed by atoms with Gasteiger partial charge in [0.15, 0.2) is 0 Å². The van der Waals surface area contributed by atoms with Gasteiger partial charge in [-0.1, -0.05) is 6.07 Å². The van der Waals surface area contributed by atoms with Crippen LogP contribution in [0.1, 0.15) is 18.9 Å². The lowest BCUT2D eigenvalue weighted by atomic mass is 10.2. The van der Waals surface area contributed by atoms with Crippen LogP contribution in [0.3, 0.4) is 0 Å². The van der Waals surface area contributed by atoms with Gasteiger partial charge in [0, 0.05) is 5.56 Å². The number of halogens is 1. The van der Waals surface area contributed by atoms with E-state index in [0.717, 1.165) is 0 Å². The Labute approximate surface area is 85.9 Å². The number of nitrogens with two attached hydrogens (primary N) is 1. The van der Waals surface area contributed by atoms with Crippen molar-refractivity contribution in [1.82, 2.24) is 10.2 Å². The van der Waals surface area contributed by atoms with Gasteiger partial charge in [-0.05, 0) is 25.1 Å². The Hall–Kier alpha value is -1.75. The molecule has 1 atom stereocenters. The summed E-state index contributed by atoms with van der Waals surface area (Å²) in [5, 5.41) is 7.54. The first-order valence-electron chi connectivity index (χ1n) is 4.52. The standard InChI is InChI=1S/C10H10FN3O/c1-6(12)9-13-14-10(15-9)7-3-2-4-8(11)5-7/h2-6H,12H2,1H3/t6-/m1/s1. The van der Waals surface area contributed by atoms with Crippen LogP contribution in [0.15, 0.2) is 28.7 Å². The van der Waals surface area contributed by atoms with Gasteiger partial charge in [-0.2, -0.15) is 0 Å². The molecule has 1 heterocycles. The summed E-state index contributed by atoms with van der Waals surface area (Å²) in [5.74, 6) is 0.282. The number of aromatic nitrogens is 2. The number of benzene rings is 1. The summed E-state index contributed by atoms with van der Waals surface area (Å²) in [5.41, 5.74) is 6.12. The van der Waals surface area contributed by atoms with E-state index in [9.17, 15) is 4.39 Å². The van der Waals surface area contributed by atoms with Crippen LogP contribution in [0.2, 0.25) is 0 Å². The van der Waals surface area contributed by atoms with Crippen molar-refractivity contribution in [2.24, 2.45) is 5.73 Å². The molecule has 78 valence electrons. The molecule has 0 spiro atoms. The summed E-state index contributed by atoms with van der Waals surface area (Å²) < 4.78 is 18.2. The average Bonchev–Trinajstić information content (AvgIpc) is 2.66. The van der Waals surface area contributed by atoms with Crippen LogP contribution in [-0.2, 0) is 0 Å². The Balaban J connectivity index is 2.37. The van der Waals surface area contributed by atoms with Crippen molar-refractivity contribution in [3.8, 4) is 11.5 Å². The summed E-state index contributed by atoms with van der Waals surface area (Å²) in [6, 6.07) is 5.65. The number of hydrogen-bond donors (Lipinski definition) is 1. The van der Waals surface area contributed by atoms with E-state index < -0.39 is 0 Å². The van der Waals surface area contributed by atoms with Crippen molar-refractivity contribution in [1.29, 1.82) is 0 Å². The van der Waals surface area contributed by atoms with Crippen LogP contribution >= 0.6 is 0 Å². The Morgan fingerprint density at radius 3 is 2.80 bits per heavy atom. The fourth-order valence-corrected chi connectivity index (χ4v) is 1.16. The minimum Gasteiger partial charge on any atom is -0.419 e. The second-order valence-corrected chi connectivity index (χ2v) is 3.24. The highest BCUT2D eigenvalue weighted by Crippen LogP contribution is 2.20. The third-order valence-electron chi connectivity index (χ3n) is 1.90. The van der Waals surface area contributed by atoms with Crippen molar-refractivity contribution in [3.05, 3.63) is 36.0 Å². The highest BCUT2D eigenvalue weighted by atomic mass is 19.1. The Morgan fingerprint density at radius 1 is 1.40 bits per heavy atom. The highest BCUT2D eigenvalue weighted by Gasteiger charge is 2.11. The number of rotatable bonds is 2. The zero-order chi connectivity index (χ0) is 10.8. The van der Waals surface area contributed by atoms with Gasteiger partial charge in [0.1, 0.15) is 5.82 Å². The molecule has 0 aliphatic carbocycles. The highest BCUT2D eigenvalue weighted by molar-refractivity contribution is 5.52. The molecule has 2 rings (SSSR count). The third-order valence-corrected chi connectivity index (χ3v) is 1.90. The SMILES string of the molecule is C[C@@H](N)c1nnc(-c2cccc(F)c2)o1. The quantitative estimate of drug-likeness (QED) is 0.816. The topological polar surface area (TPSA) is 64.9 Å². The number of nitrogens with zero attached hydrogens (tertiary/aromatic N) is 2. The molecule has 0 saturated carbocycles. The molecule has 0 aliphatic rings. The normalized spacial score (nSPS) is 12.7. The van der Waals surface area contributed by atoms with Crippen LogP contribution in [0.25, 0.3) is 11.5 Å². The summed E-state index contributed by atoms with van der Waals surface area (Å²) in [6.45, 7) is 1.74. The van der Waals surface area contributed by atoms with Gasteiger partial charge in [0.05, 0.1) is 6.04 Å². The maximum Gasteiger partial charge on any atom is 0.247 e. The minimum atomic E-state index is -0.340. The van der Waals surface area contributed by atoms with E-state index in [1.165, 1.54) is 12.1 Å². The molecular weight excluding hydrogens is 197 g/mol. The molecule has 0 fully saturated rings. The van der Waals surface area contributed by atoms with Gasteiger partial charge in [0.25, 0.3) is 0 Å². The summed E-state index contributed by atoms with van der Waals surface area (Å²) in [7, 11) is 0. The van der Waals surface area contributed by atoms with Crippen LogP contribution in [0.5, 0.6) is 0 Å². The van der Waals surface area contributed by atoms with Gasteiger partial charge in [-0.15, -0.1) is 10.2 Å². The Kier molecular flexibility index (Phi) is 2.47. The smallest absolute Gasteiger partial charge is 0.247 e. The van der Waals surface area contributed by atoms with Crippen molar-refractivity contribution < 1.29 is 8.81 Å². The molecule has 4 nitrogen and oxygen atoms in total. The molecular formula is C10H10FN3O. The van der Waals surface area contributed by atoms with Crippen molar-refractivity contribution in [2.45, 2.75) is 13.0 Å². The van der Waals surface area contributed by atoms with Crippen LogP contribution in [0.4, 0.5) is 4.39 Å². The van der Waals surface area contributed by atoms with Crippen molar-refractivity contribution >= 4 is 0 Å². The minimum absolute atomic E-state index is 0.279. The monoisotopic (exact) mass is 207 g/mol. The van der Waals surface area contributed by atoms with E-state index in [1.54, 1.807) is 19.1 Å². The molecule has 2 aromatic rings. The molecule has 15 heavy (non-hydrogen) atoms. The molecule has 2 N–H and O–H groups in total. The van der Waals surface area contributed by atoms with E-state index in [4.69, 9.17) is 10.2 Å². The number of hydrogen-bond acceptors (Lipinski definition) is 4. The molecule has 0 amide bonds. The first-order valence-corrected chi connectivity index (χ1v) is 4.52. The van der Waals surface area contributed by atoms with Crippen molar-refractivity contribution in [2.75, 3.05) is 0 Å². The van der Waals surface area contributed by atoms with E-state index in [1.807, 2.05) is 0 Å². The Morgan fingerprint density at radius 2 is 2.20 bits per heavy atom. The van der Waals surface area contributed by atoms with Crippen LogP contribution in [0, 0.1) is 5.82 Å². The molecule has 0 saturated heterocycles. The third kappa shape index (κ3) is 2.02. The van der Waals surface area contributed by atoms with E-state index in [2.05, 4.69) is 10.2 Å². The average molecular weight is 207 g/mol. The fraction of sp³-hybridized carbons (Fsp3) is 0.200. The Bertz CT molecular complexity index is 467. The van der Waals surface area contributed by atoms with E-state index in [-0.39, 0.29) is 17.7 Å². The van der Waals surface area contributed by atoms with Gasteiger partial charge in [-0.25, -0.2) is 4.39 Å².